The number of hydrogen-bond donors (Lipinski definition) is 3. The zero-order chi connectivity index (χ0) is 55.7. The summed E-state index contributed by atoms with van der Waals surface area (Å²) < 4.78 is 5.48. The first-order chi connectivity index (χ1) is 38.0. The van der Waals surface area contributed by atoms with Gasteiger partial charge < -0.3 is 20.3 Å². The van der Waals surface area contributed by atoms with Crippen molar-refractivity contribution in [3.63, 3.8) is 0 Å². The van der Waals surface area contributed by atoms with E-state index in [1.807, 2.05) is 6.08 Å². The van der Waals surface area contributed by atoms with Gasteiger partial charge in [-0.15, -0.1) is 0 Å². The topological polar surface area (TPSA) is 95.9 Å². The van der Waals surface area contributed by atoms with Crippen molar-refractivity contribution in [2.24, 2.45) is 0 Å². The summed E-state index contributed by atoms with van der Waals surface area (Å²) in [5.74, 6) is -0.0416. The van der Waals surface area contributed by atoms with Gasteiger partial charge in [-0.05, 0) is 57.8 Å². The Morgan fingerprint density at radius 3 is 0.922 bits per heavy atom. The molecular formula is C71H137NO5. The molecule has 2 unspecified atom stereocenters. The van der Waals surface area contributed by atoms with Gasteiger partial charge in [0, 0.05) is 12.8 Å². The van der Waals surface area contributed by atoms with Gasteiger partial charge in [0.05, 0.1) is 25.4 Å². The van der Waals surface area contributed by atoms with Gasteiger partial charge in [0.15, 0.2) is 0 Å². The highest BCUT2D eigenvalue weighted by Gasteiger charge is 2.18. The van der Waals surface area contributed by atoms with Crippen molar-refractivity contribution in [2.45, 2.75) is 405 Å². The van der Waals surface area contributed by atoms with Crippen LogP contribution in [0.15, 0.2) is 24.3 Å². The molecule has 0 saturated carbocycles. The van der Waals surface area contributed by atoms with E-state index in [9.17, 15) is 19.8 Å². The molecule has 0 aromatic carbocycles. The number of aliphatic hydroxyl groups is 2. The molecule has 2 atom stereocenters. The second kappa shape index (κ2) is 66.8. The van der Waals surface area contributed by atoms with Gasteiger partial charge in [0.25, 0.3) is 0 Å². The SMILES string of the molecule is CCCCCCCCCC/C=C/C(O)C(CO)NC(=O)CCCCCCCCCCCCCCCCCCC/C=C\CCCCCCCCCCCCCCCCCCCCOC(=O)CCCCCCCCCCCCC. The first-order valence-electron chi connectivity index (χ1n) is 35.1. The van der Waals surface area contributed by atoms with Crippen LogP contribution in [-0.4, -0.2) is 47.4 Å². The lowest BCUT2D eigenvalue weighted by Crippen LogP contribution is -2.45. The van der Waals surface area contributed by atoms with Crippen LogP contribution in [0.25, 0.3) is 0 Å². The molecule has 3 N–H and O–H groups in total. The normalized spacial score (nSPS) is 12.6. The highest BCUT2D eigenvalue weighted by atomic mass is 16.5. The van der Waals surface area contributed by atoms with Crippen LogP contribution in [0.5, 0.6) is 0 Å². The third-order valence-corrected chi connectivity index (χ3v) is 16.5. The summed E-state index contributed by atoms with van der Waals surface area (Å²) in [4.78, 5) is 24.4. The molecule has 0 aromatic heterocycles. The fourth-order valence-electron chi connectivity index (χ4n) is 11.1. The highest BCUT2D eigenvalue weighted by Crippen LogP contribution is 2.19. The van der Waals surface area contributed by atoms with E-state index in [1.54, 1.807) is 6.08 Å². The largest absolute Gasteiger partial charge is 0.466 e. The van der Waals surface area contributed by atoms with Crippen LogP contribution in [0, 0.1) is 0 Å². The minimum absolute atomic E-state index is 0.0223. The Hall–Kier alpha value is -1.66. The lowest BCUT2D eigenvalue weighted by molar-refractivity contribution is -0.143. The van der Waals surface area contributed by atoms with Crippen LogP contribution in [-0.2, 0) is 14.3 Å². The average Bonchev–Trinajstić information content (AvgIpc) is 3.43. The van der Waals surface area contributed by atoms with Gasteiger partial charge in [-0.2, -0.15) is 0 Å². The van der Waals surface area contributed by atoms with Gasteiger partial charge in [-0.25, -0.2) is 0 Å². The van der Waals surface area contributed by atoms with E-state index in [2.05, 4.69) is 31.3 Å². The first kappa shape index (κ1) is 75.3. The van der Waals surface area contributed by atoms with Crippen LogP contribution in [0.2, 0.25) is 0 Å². The lowest BCUT2D eigenvalue weighted by Gasteiger charge is -2.20. The molecule has 0 fully saturated rings. The molecule has 0 aliphatic heterocycles. The summed E-state index contributed by atoms with van der Waals surface area (Å²) in [5, 5.41) is 23.0. The maximum atomic E-state index is 12.4. The van der Waals surface area contributed by atoms with Crippen LogP contribution in [0.1, 0.15) is 393 Å². The van der Waals surface area contributed by atoms with Crippen molar-refractivity contribution in [3.8, 4) is 0 Å². The zero-order valence-corrected chi connectivity index (χ0v) is 52.2. The second-order valence-corrected chi connectivity index (χ2v) is 24.2. The number of aliphatic hydroxyl groups excluding tert-OH is 2. The first-order valence-corrected chi connectivity index (χ1v) is 35.1. The molecule has 6 nitrogen and oxygen atoms in total. The maximum absolute atomic E-state index is 12.4. The standard InChI is InChI=1S/C71H137NO5/c1-3-5-7-9-11-13-44-49-53-57-61-65-71(76)77-66-62-58-54-50-46-43-41-39-37-35-33-31-29-27-25-23-21-19-17-15-16-18-20-22-24-26-28-30-32-34-36-38-40-42-45-48-52-56-60-64-70(75)72-68(67-73)69(74)63-59-55-51-47-14-12-10-8-6-4-2/h15-16,59,63,68-69,73-74H,3-14,17-58,60-62,64-67H2,1-2H3,(H,72,75)/b16-15-,63-59+. The van der Waals surface area contributed by atoms with Crippen molar-refractivity contribution in [1.29, 1.82) is 0 Å². The Morgan fingerprint density at radius 2 is 0.610 bits per heavy atom. The van der Waals surface area contributed by atoms with E-state index in [4.69, 9.17) is 4.74 Å². The molecule has 0 rings (SSSR count). The summed E-state index contributed by atoms with van der Waals surface area (Å²) in [6.07, 6.45) is 84.3. The maximum Gasteiger partial charge on any atom is 0.305 e. The molecule has 0 aromatic rings. The molecule has 0 bridgehead atoms. The molecule has 0 heterocycles. The Balaban J connectivity index is 3.30. The molecule has 6 heteroatoms. The number of ether oxygens (including phenoxy) is 1. The molecule has 456 valence electrons. The number of unbranched alkanes of at least 4 members (excludes halogenated alkanes) is 53. The van der Waals surface area contributed by atoms with E-state index in [0.29, 0.717) is 19.4 Å². The molecule has 0 aliphatic carbocycles. The Bertz CT molecular complexity index is 1200. The number of amides is 1. The Morgan fingerprint density at radius 1 is 0.351 bits per heavy atom. The van der Waals surface area contributed by atoms with Crippen molar-refractivity contribution in [2.75, 3.05) is 13.2 Å². The van der Waals surface area contributed by atoms with Crippen LogP contribution in [0.3, 0.4) is 0 Å². The van der Waals surface area contributed by atoms with Crippen molar-refractivity contribution >= 4 is 11.9 Å². The van der Waals surface area contributed by atoms with E-state index in [-0.39, 0.29) is 18.5 Å². The number of nitrogens with one attached hydrogen (secondary N) is 1. The Labute approximate surface area is 481 Å². The number of allylic oxidation sites excluding steroid dienone is 3. The summed E-state index contributed by atoms with van der Waals surface area (Å²) in [5.41, 5.74) is 0. The van der Waals surface area contributed by atoms with E-state index < -0.39 is 12.1 Å². The fourth-order valence-corrected chi connectivity index (χ4v) is 11.1. The number of rotatable bonds is 66. The van der Waals surface area contributed by atoms with Crippen molar-refractivity contribution in [3.05, 3.63) is 24.3 Å². The fraction of sp³-hybridized carbons (Fsp3) is 0.915. The molecule has 0 radical (unpaired) electrons. The lowest BCUT2D eigenvalue weighted by atomic mass is 10.0. The number of carbonyl (C=O) groups excluding carboxylic acids is 2. The monoisotopic (exact) mass is 1080 g/mol. The summed E-state index contributed by atoms with van der Waals surface area (Å²) in [6, 6.07) is -0.622. The smallest absolute Gasteiger partial charge is 0.305 e. The van der Waals surface area contributed by atoms with Gasteiger partial charge in [-0.1, -0.05) is 346 Å². The van der Waals surface area contributed by atoms with Crippen molar-refractivity contribution < 1.29 is 24.5 Å². The predicted octanol–water partition coefficient (Wildman–Crippen LogP) is 22.5. The minimum atomic E-state index is -0.839. The predicted molar refractivity (Wildman–Crippen MR) is 338 cm³/mol. The van der Waals surface area contributed by atoms with Gasteiger partial charge >= 0.3 is 5.97 Å². The summed E-state index contributed by atoms with van der Waals surface area (Å²) >= 11 is 0. The highest BCUT2D eigenvalue weighted by molar-refractivity contribution is 5.76. The molecule has 1 amide bonds. The molecular weight excluding hydrogens is 947 g/mol. The number of carbonyl (C=O) groups is 2. The third kappa shape index (κ3) is 63.4. The third-order valence-electron chi connectivity index (χ3n) is 16.5. The molecule has 77 heavy (non-hydrogen) atoms. The molecule has 0 spiro atoms. The van der Waals surface area contributed by atoms with Crippen LogP contribution in [0.4, 0.5) is 0 Å². The van der Waals surface area contributed by atoms with E-state index in [1.165, 1.54) is 327 Å². The van der Waals surface area contributed by atoms with Crippen molar-refractivity contribution in [1.82, 2.24) is 5.32 Å². The number of hydrogen-bond acceptors (Lipinski definition) is 5. The quantitative estimate of drug-likeness (QED) is 0.0320. The van der Waals surface area contributed by atoms with E-state index >= 15 is 0 Å². The molecule has 0 aliphatic rings. The van der Waals surface area contributed by atoms with Crippen LogP contribution >= 0.6 is 0 Å². The zero-order valence-electron chi connectivity index (χ0n) is 52.2. The van der Waals surface area contributed by atoms with E-state index in [0.717, 1.165) is 38.5 Å². The second-order valence-electron chi connectivity index (χ2n) is 24.2. The molecule has 0 saturated heterocycles. The van der Waals surface area contributed by atoms with Crippen LogP contribution < -0.4 is 5.32 Å². The number of esters is 1. The van der Waals surface area contributed by atoms with Gasteiger partial charge in [-0.3, -0.25) is 9.59 Å². The Kier molecular flexibility index (Phi) is 65.4. The van der Waals surface area contributed by atoms with Gasteiger partial charge in [0.1, 0.15) is 0 Å². The summed E-state index contributed by atoms with van der Waals surface area (Å²) in [6.45, 7) is 4.91. The average molecular weight is 1080 g/mol. The van der Waals surface area contributed by atoms with Gasteiger partial charge in [0.2, 0.25) is 5.91 Å². The minimum Gasteiger partial charge on any atom is -0.466 e. The summed E-state index contributed by atoms with van der Waals surface area (Å²) in [7, 11) is 0.